The van der Waals surface area contributed by atoms with Gasteiger partial charge >= 0.3 is 0 Å². The van der Waals surface area contributed by atoms with E-state index in [2.05, 4.69) is 9.97 Å². The van der Waals surface area contributed by atoms with E-state index < -0.39 is 0 Å². The molecule has 0 saturated carbocycles. The lowest BCUT2D eigenvalue weighted by Crippen LogP contribution is -1.94. The van der Waals surface area contributed by atoms with Gasteiger partial charge in [-0.3, -0.25) is 9.59 Å². The highest BCUT2D eigenvalue weighted by atomic mass is 16.1. The van der Waals surface area contributed by atoms with Crippen molar-refractivity contribution in [3.8, 4) is 11.4 Å². The van der Waals surface area contributed by atoms with E-state index in [4.69, 9.17) is 0 Å². The first-order valence-electron chi connectivity index (χ1n) is 5.21. The van der Waals surface area contributed by atoms with Gasteiger partial charge in [-0.05, 0) is 12.5 Å². The van der Waals surface area contributed by atoms with E-state index in [-0.39, 0.29) is 5.78 Å². The van der Waals surface area contributed by atoms with Crippen LogP contribution in [-0.2, 0) is 7.05 Å². The number of ketones is 1. The molecular weight excluding hydrogens is 218 g/mol. The fourth-order valence-electron chi connectivity index (χ4n) is 1.85. The van der Waals surface area contributed by atoms with E-state index in [1.54, 1.807) is 24.0 Å². The van der Waals surface area contributed by atoms with Crippen LogP contribution in [0, 0.1) is 6.92 Å². The highest BCUT2D eigenvalue weighted by Crippen LogP contribution is 2.25. The maximum Gasteiger partial charge on any atom is 0.176 e. The van der Waals surface area contributed by atoms with E-state index in [1.165, 1.54) is 6.92 Å². The highest BCUT2D eigenvalue weighted by molar-refractivity contribution is 5.99. The Bertz CT molecular complexity index is 593. The summed E-state index contributed by atoms with van der Waals surface area (Å²) in [4.78, 5) is 29.7. The van der Waals surface area contributed by atoms with E-state index in [9.17, 15) is 9.59 Å². The predicted octanol–water partition coefficient (Wildman–Crippen LogP) is 1.74. The summed E-state index contributed by atoms with van der Waals surface area (Å²) >= 11 is 0. The molecule has 1 N–H and O–H groups in total. The van der Waals surface area contributed by atoms with Crippen molar-refractivity contribution >= 4 is 12.1 Å². The Balaban J connectivity index is 2.65. The van der Waals surface area contributed by atoms with E-state index in [1.807, 2.05) is 7.05 Å². The second-order valence-corrected chi connectivity index (χ2v) is 4.01. The maximum atomic E-state index is 11.4. The van der Waals surface area contributed by atoms with Gasteiger partial charge in [0, 0.05) is 25.7 Å². The van der Waals surface area contributed by atoms with Crippen LogP contribution in [0.1, 0.15) is 33.3 Å². The van der Waals surface area contributed by atoms with Crippen LogP contribution in [0.25, 0.3) is 11.4 Å². The van der Waals surface area contributed by atoms with Crippen molar-refractivity contribution in [3.05, 3.63) is 29.3 Å². The molecule has 2 aromatic heterocycles. The third-order valence-electron chi connectivity index (χ3n) is 2.73. The van der Waals surface area contributed by atoms with Crippen molar-refractivity contribution in [1.29, 1.82) is 0 Å². The van der Waals surface area contributed by atoms with Crippen LogP contribution in [0.4, 0.5) is 0 Å². The van der Waals surface area contributed by atoms with Gasteiger partial charge in [-0.2, -0.15) is 0 Å². The van der Waals surface area contributed by atoms with Crippen molar-refractivity contribution in [3.63, 3.8) is 0 Å². The Morgan fingerprint density at radius 1 is 1.53 bits per heavy atom. The molecule has 0 aliphatic carbocycles. The molecule has 0 atom stereocenters. The molecule has 0 aliphatic rings. The molecule has 2 rings (SSSR count). The number of aryl methyl sites for hydroxylation is 1. The number of nitrogens with one attached hydrogen (secondary N) is 1. The fourth-order valence-corrected chi connectivity index (χ4v) is 1.85. The minimum atomic E-state index is -0.0900. The molecule has 0 saturated heterocycles. The normalized spacial score (nSPS) is 10.5. The van der Waals surface area contributed by atoms with E-state index >= 15 is 0 Å². The lowest BCUT2D eigenvalue weighted by Gasteiger charge is -1.93. The summed E-state index contributed by atoms with van der Waals surface area (Å²) in [5.74, 6) is -0.0900. The number of rotatable bonds is 3. The van der Waals surface area contributed by atoms with Gasteiger partial charge in [0.15, 0.2) is 12.1 Å². The van der Waals surface area contributed by atoms with Gasteiger partial charge in [-0.25, -0.2) is 4.98 Å². The molecule has 88 valence electrons. The standard InChI is InChI=1S/C12H13N3O2/c1-7-9(5-16)12(14-11(7)8(2)17)10-4-15(3)6-13-10/h4-6,14H,1-3H3. The molecule has 5 heteroatoms. The number of H-pyrrole nitrogens is 1. The van der Waals surface area contributed by atoms with Crippen molar-refractivity contribution < 1.29 is 9.59 Å². The molecule has 0 fully saturated rings. The average Bonchev–Trinajstić information content (AvgIpc) is 2.82. The monoisotopic (exact) mass is 231 g/mol. The zero-order chi connectivity index (χ0) is 12.6. The number of imidazole rings is 1. The minimum absolute atomic E-state index is 0.0900. The Hall–Kier alpha value is -2.17. The molecule has 0 aromatic carbocycles. The van der Waals surface area contributed by atoms with Crippen LogP contribution in [-0.4, -0.2) is 26.6 Å². The second-order valence-electron chi connectivity index (χ2n) is 4.01. The molecule has 2 aromatic rings. The summed E-state index contributed by atoms with van der Waals surface area (Å²) < 4.78 is 1.79. The van der Waals surface area contributed by atoms with Gasteiger partial charge in [0.05, 0.1) is 17.7 Å². The summed E-state index contributed by atoms with van der Waals surface area (Å²) in [6, 6.07) is 0. The Morgan fingerprint density at radius 3 is 2.71 bits per heavy atom. The molecule has 0 unspecified atom stereocenters. The highest BCUT2D eigenvalue weighted by Gasteiger charge is 2.18. The summed E-state index contributed by atoms with van der Waals surface area (Å²) in [6.45, 7) is 3.22. The van der Waals surface area contributed by atoms with E-state index in [0.29, 0.717) is 28.2 Å². The van der Waals surface area contributed by atoms with Crippen LogP contribution in [0.5, 0.6) is 0 Å². The quantitative estimate of drug-likeness (QED) is 0.646. The summed E-state index contributed by atoms with van der Waals surface area (Å²) in [5, 5.41) is 0. The Kier molecular flexibility index (Phi) is 2.67. The van der Waals surface area contributed by atoms with Crippen molar-refractivity contribution in [2.45, 2.75) is 13.8 Å². The topological polar surface area (TPSA) is 67.8 Å². The van der Waals surface area contributed by atoms with Crippen molar-refractivity contribution in [1.82, 2.24) is 14.5 Å². The van der Waals surface area contributed by atoms with Gasteiger partial charge in [0.1, 0.15) is 5.69 Å². The molecule has 5 nitrogen and oxygen atoms in total. The first-order valence-corrected chi connectivity index (χ1v) is 5.21. The van der Waals surface area contributed by atoms with Gasteiger partial charge in [0.2, 0.25) is 0 Å². The maximum absolute atomic E-state index is 11.4. The zero-order valence-corrected chi connectivity index (χ0v) is 9.94. The first kappa shape index (κ1) is 11.3. The predicted molar refractivity (Wildman–Crippen MR) is 63.1 cm³/mol. The number of aromatic amines is 1. The number of carbonyl (C=O) groups is 2. The van der Waals surface area contributed by atoms with Crippen molar-refractivity contribution in [2.24, 2.45) is 7.05 Å². The number of aromatic nitrogens is 3. The number of carbonyl (C=O) groups excluding carboxylic acids is 2. The van der Waals surface area contributed by atoms with Crippen molar-refractivity contribution in [2.75, 3.05) is 0 Å². The van der Waals surface area contributed by atoms with Gasteiger partial charge in [0.25, 0.3) is 0 Å². The second kappa shape index (κ2) is 4.01. The number of aldehydes is 1. The van der Waals surface area contributed by atoms with E-state index in [0.717, 1.165) is 6.29 Å². The molecular formula is C12H13N3O2. The summed E-state index contributed by atoms with van der Waals surface area (Å²) in [7, 11) is 1.85. The van der Waals surface area contributed by atoms with Crippen LogP contribution >= 0.6 is 0 Å². The smallest absolute Gasteiger partial charge is 0.176 e. The summed E-state index contributed by atoms with van der Waals surface area (Å²) in [5.41, 5.74) is 2.89. The number of Topliss-reactive ketones (excluding diaryl/α,β-unsaturated/α-hetero) is 1. The fraction of sp³-hybridized carbons (Fsp3) is 0.250. The van der Waals surface area contributed by atoms with Crippen LogP contribution in [0.3, 0.4) is 0 Å². The van der Waals surface area contributed by atoms with Gasteiger partial charge in [-0.1, -0.05) is 0 Å². The Morgan fingerprint density at radius 2 is 2.24 bits per heavy atom. The lowest BCUT2D eigenvalue weighted by molar-refractivity contribution is 0.101. The average molecular weight is 231 g/mol. The molecule has 0 bridgehead atoms. The number of hydrogen-bond donors (Lipinski definition) is 1. The summed E-state index contributed by atoms with van der Waals surface area (Å²) in [6.07, 6.45) is 4.19. The molecule has 0 radical (unpaired) electrons. The molecule has 0 aliphatic heterocycles. The molecule has 17 heavy (non-hydrogen) atoms. The number of nitrogens with zero attached hydrogens (tertiary/aromatic N) is 2. The molecule has 0 spiro atoms. The van der Waals surface area contributed by atoms with Crippen LogP contribution in [0.15, 0.2) is 12.5 Å². The third-order valence-corrected chi connectivity index (χ3v) is 2.73. The van der Waals surface area contributed by atoms with Gasteiger partial charge < -0.3 is 9.55 Å². The Labute approximate surface area is 98.5 Å². The largest absolute Gasteiger partial charge is 0.350 e. The molecule has 2 heterocycles. The number of hydrogen-bond acceptors (Lipinski definition) is 3. The first-order chi connectivity index (χ1) is 8.04. The SMILES string of the molecule is CC(=O)c1[nH]c(-c2cn(C)cn2)c(C=O)c1C. The minimum Gasteiger partial charge on any atom is -0.350 e. The molecule has 0 amide bonds. The zero-order valence-electron chi connectivity index (χ0n) is 9.94. The van der Waals surface area contributed by atoms with Crippen LogP contribution < -0.4 is 0 Å². The van der Waals surface area contributed by atoms with Gasteiger partial charge in [-0.15, -0.1) is 0 Å². The lowest BCUT2D eigenvalue weighted by atomic mass is 10.1. The van der Waals surface area contributed by atoms with Crippen LogP contribution in [0.2, 0.25) is 0 Å². The third kappa shape index (κ3) is 1.80.